The molecule has 128 valence electrons. The summed E-state index contributed by atoms with van der Waals surface area (Å²) >= 11 is 0. The number of amides is 1. The molecule has 0 saturated carbocycles. The minimum atomic E-state index is -4.66. The third-order valence-corrected chi connectivity index (χ3v) is 3.17. The van der Waals surface area contributed by atoms with E-state index in [2.05, 4.69) is 4.99 Å². The molecule has 0 spiro atoms. The van der Waals surface area contributed by atoms with Gasteiger partial charge in [0.15, 0.2) is 11.7 Å². The lowest BCUT2D eigenvalue weighted by Gasteiger charge is -2.11. The number of nitrogens with two attached hydrogens (primary N) is 2. The summed E-state index contributed by atoms with van der Waals surface area (Å²) in [5, 5.41) is -0.308. The molecule has 0 saturated heterocycles. The van der Waals surface area contributed by atoms with Gasteiger partial charge in [0.2, 0.25) is 0 Å². The van der Waals surface area contributed by atoms with E-state index in [-0.39, 0.29) is 22.3 Å². The minimum Gasteiger partial charge on any atom is -0.424 e. The number of carbonyl (C=O) groups is 2. The van der Waals surface area contributed by atoms with Crippen molar-refractivity contribution in [2.24, 2.45) is 23.5 Å². The van der Waals surface area contributed by atoms with Gasteiger partial charge in [-0.25, -0.2) is 0 Å². The molecule has 24 heavy (non-hydrogen) atoms. The number of fused-ring (bicyclic) bond motifs is 1. The maximum Gasteiger partial charge on any atom is 0.417 e. The van der Waals surface area contributed by atoms with Crippen molar-refractivity contribution in [3.05, 3.63) is 29.5 Å². The average molecular weight is 342 g/mol. The Hall–Kier alpha value is -3.04. The summed E-state index contributed by atoms with van der Waals surface area (Å²) in [4.78, 5) is 26.5. The van der Waals surface area contributed by atoms with Crippen molar-refractivity contribution in [3.8, 4) is 5.75 Å². The molecule has 0 bridgehead atoms. The number of carbonyl (C=O) groups excluding carboxylic acids is 2. The first-order chi connectivity index (χ1) is 11.0. The van der Waals surface area contributed by atoms with Crippen LogP contribution in [-0.2, 0) is 18.0 Å². The van der Waals surface area contributed by atoms with E-state index in [1.54, 1.807) is 0 Å². The van der Waals surface area contributed by atoms with Gasteiger partial charge in [-0.15, -0.1) is 0 Å². The maximum atomic E-state index is 13.2. The van der Waals surface area contributed by atoms with Crippen LogP contribution in [0.5, 0.6) is 5.75 Å². The normalized spacial score (nSPS) is 11.4. The van der Waals surface area contributed by atoms with Crippen LogP contribution < -0.4 is 16.2 Å². The number of halogens is 3. The Morgan fingerprint density at radius 1 is 1.25 bits per heavy atom. The number of aromatic nitrogens is 1. The first-order valence-corrected chi connectivity index (χ1v) is 6.54. The average Bonchev–Trinajstić information content (AvgIpc) is 2.74. The Morgan fingerprint density at radius 2 is 1.88 bits per heavy atom. The van der Waals surface area contributed by atoms with Gasteiger partial charge in [0, 0.05) is 19.4 Å². The highest BCUT2D eigenvalue weighted by Gasteiger charge is 2.35. The molecule has 0 aliphatic carbocycles. The molecule has 0 radical (unpaired) electrons. The van der Waals surface area contributed by atoms with Crippen LogP contribution in [0.4, 0.5) is 13.2 Å². The Kier molecular flexibility index (Phi) is 4.24. The van der Waals surface area contributed by atoms with E-state index in [1.165, 1.54) is 7.05 Å². The van der Waals surface area contributed by atoms with Crippen molar-refractivity contribution >= 4 is 28.7 Å². The number of alkyl halides is 3. The van der Waals surface area contributed by atoms with Crippen LogP contribution >= 0.6 is 0 Å². The van der Waals surface area contributed by atoms with E-state index in [1.807, 2.05) is 0 Å². The predicted octanol–water partition coefficient (Wildman–Crippen LogP) is 1.54. The van der Waals surface area contributed by atoms with Crippen LogP contribution in [0.15, 0.2) is 23.2 Å². The molecule has 0 aliphatic rings. The summed E-state index contributed by atoms with van der Waals surface area (Å²) in [6.07, 6.45) is -4.66. The fourth-order valence-corrected chi connectivity index (χ4v) is 2.30. The number of aliphatic imine (C=N–C) groups is 1. The zero-order valence-electron chi connectivity index (χ0n) is 12.6. The monoisotopic (exact) mass is 342 g/mol. The molecule has 0 aliphatic heterocycles. The van der Waals surface area contributed by atoms with E-state index in [4.69, 9.17) is 16.2 Å². The van der Waals surface area contributed by atoms with Gasteiger partial charge in [-0.2, -0.15) is 18.2 Å². The number of rotatable bonds is 2. The van der Waals surface area contributed by atoms with Gasteiger partial charge in [0.1, 0.15) is 5.69 Å². The van der Waals surface area contributed by atoms with E-state index in [0.717, 1.165) is 29.7 Å². The smallest absolute Gasteiger partial charge is 0.417 e. The second-order valence-corrected chi connectivity index (χ2v) is 4.90. The summed E-state index contributed by atoms with van der Waals surface area (Å²) < 4.78 is 45.6. The Morgan fingerprint density at radius 3 is 2.38 bits per heavy atom. The topological polar surface area (TPSA) is 113 Å². The zero-order valence-corrected chi connectivity index (χ0v) is 12.6. The molecule has 0 unspecified atom stereocenters. The molecule has 1 heterocycles. The van der Waals surface area contributed by atoms with Gasteiger partial charge in [0.05, 0.1) is 11.1 Å². The molecular weight excluding hydrogens is 329 g/mol. The van der Waals surface area contributed by atoms with Crippen molar-refractivity contribution in [2.75, 3.05) is 0 Å². The van der Waals surface area contributed by atoms with Gasteiger partial charge < -0.3 is 20.8 Å². The molecule has 0 fully saturated rings. The lowest BCUT2D eigenvalue weighted by molar-refractivity contribution is -0.136. The number of ether oxygens (including phenoxy) is 1. The molecular formula is C14H13F3N4O3. The molecule has 2 rings (SSSR count). The molecule has 7 nitrogen and oxygen atoms in total. The van der Waals surface area contributed by atoms with Crippen LogP contribution in [0.1, 0.15) is 23.0 Å². The number of aryl methyl sites for hydroxylation is 1. The highest BCUT2D eigenvalue weighted by molar-refractivity contribution is 6.05. The molecule has 10 heteroatoms. The van der Waals surface area contributed by atoms with Crippen molar-refractivity contribution in [2.45, 2.75) is 13.1 Å². The van der Waals surface area contributed by atoms with Crippen molar-refractivity contribution < 1.29 is 27.5 Å². The summed E-state index contributed by atoms with van der Waals surface area (Å²) in [6.45, 7) is 1.11. The van der Waals surface area contributed by atoms with Gasteiger partial charge in [-0.05, 0) is 18.2 Å². The Balaban J connectivity index is 2.82. The fourth-order valence-electron chi connectivity index (χ4n) is 2.30. The van der Waals surface area contributed by atoms with Crippen molar-refractivity contribution in [3.63, 3.8) is 0 Å². The fraction of sp³-hybridized carbons (Fsp3) is 0.214. The summed E-state index contributed by atoms with van der Waals surface area (Å²) in [6, 6.07) is 2.79. The number of hydrogen-bond donors (Lipinski definition) is 2. The maximum absolute atomic E-state index is 13.2. The first-order valence-electron chi connectivity index (χ1n) is 6.54. The summed E-state index contributed by atoms with van der Waals surface area (Å²) in [5.41, 5.74) is 8.99. The van der Waals surface area contributed by atoms with Crippen LogP contribution in [0, 0.1) is 0 Å². The molecule has 0 atom stereocenters. The number of benzene rings is 1. The highest BCUT2D eigenvalue weighted by atomic mass is 19.4. The third kappa shape index (κ3) is 3.16. The number of esters is 1. The number of guanidine groups is 1. The largest absolute Gasteiger partial charge is 0.424 e. The summed E-state index contributed by atoms with van der Waals surface area (Å²) in [7, 11) is 1.34. The highest BCUT2D eigenvalue weighted by Crippen LogP contribution is 2.39. The van der Waals surface area contributed by atoms with Gasteiger partial charge in [-0.1, -0.05) is 0 Å². The molecule has 1 amide bonds. The first kappa shape index (κ1) is 17.3. The van der Waals surface area contributed by atoms with Crippen molar-refractivity contribution in [1.82, 2.24) is 4.57 Å². The van der Waals surface area contributed by atoms with Crippen LogP contribution in [-0.4, -0.2) is 22.4 Å². The van der Waals surface area contributed by atoms with E-state index < -0.39 is 29.6 Å². The SMILES string of the molecule is CC(=O)Oc1ccc(C(F)(F)F)c2cc(C(=O)N=C(N)N)n(C)c12. The number of hydrogen-bond acceptors (Lipinski definition) is 3. The second kappa shape index (κ2) is 5.87. The van der Waals surface area contributed by atoms with Crippen LogP contribution in [0.25, 0.3) is 10.9 Å². The molecule has 1 aromatic heterocycles. The van der Waals surface area contributed by atoms with E-state index in [9.17, 15) is 22.8 Å². The van der Waals surface area contributed by atoms with Crippen LogP contribution in [0.2, 0.25) is 0 Å². The standard InChI is InChI=1S/C14H13F3N4O3/c1-6(22)24-10-4-3-8(14(15,16)17)7-5-9(21(2)11(7)10)12(23)20-13(18)19/h3-5H,1-2H3,(H4,18,19,20,23). The molecule has 1 aromatic carbocycles. The lowest BCUT2D eigenvalue weighted by atomic mass is 10.1. The van der Waals surface area contributed by atoms with Crippen molar-refractivity contribution in [1.29, 1.82) is 0 Å². The Bertz CT molecular complexity index is 864. The predicted molar refractivity (Wildman–Crippen MR) is 79.4 cm³/mol. The van der Waals surface area contributed by atoms with Crippen LogP contribution in [0.3, 0.4) is 0 Å². The van der Waals surface area contributed by atoms with E-state index in [0.29, 0.717) is 0 Å². The number of nitrogens with zero attached hydrogens (tertiary/aromatic N) is 2. The third-order valence-electron chi connectivity index (χ3n) is 3.17. The zero-order chi connectivity index (χ0) is 18.2. The van der Waals surface area contributed by atoms with Gasteiger partial charge in [0.25, 0.3) is 5.91 Å². The Labute approximate surface area is 133 Å². The molecule has 2 aromatic rings. The van der Waals surface area contributed by atoms with Gasteiger partial charge >= 0.3 is 12.1 Å². The minimum absolute atomic E-state index is 0.0748. The molecule has 4 N–H and O–H groups in total. The summed E-state index contributed by atoms with van der Waals surface area (Å²) in [5.74, 6) is -2.27. The second-order valence-electron chi connectivity index (χ2n) is 4.90. The van der Waals surface area contributed by atoms with Gasteiger partial charge in [-0.3, -0.25) is 9.59 Å². The van der Waals surface area contributed by atoms with E-state index >= 15 is 0 Å². The quantitative estimate of drug-likeness (QED) is 0.372. The lowest BCUT2D eigenvalue weighted by Crippen LogP contribution is -2.24.